The lowest BCUT2D eigenvalue weighted by Gasteiger charge is -2.34. The van der Waals surface area contributed by atoms with Crippen molar-refractivity contribution in [1.29, 1.82) is 0 Å². The maximum absolute atomic E-state index is 13.0. The minimum atomic E-state index is -0.490. The van der Waals surface area contributed by atoms with Crippen molar-refractivity contribution in [3.63, 3.8) is 0 Å². The third-order valence-electron chi connectivity index (χ3n) is 5.56. The second-order valence-electron chi connectivity index (χ2n) is 7.81. The normalized spacial score (nSPS) is 14.1. The highest BCUT2D eigenvalue weighted by Gasteiger charge is 2.27. The van der Waals surface area contributed by atoms with Gasteiger partial charge in [-0.15, -0.1) is 5.10 Å². The molecule has 0 bridgehead atoms. The Morgan fingerprint density at radius 1 is 1.12 bits per heavy atom. The van der Waals surface area contributed by atoms with Crippen molar-refractivity contribution in [3.05, 3.63) is 75.1 Å². The molecule has 2 heterocycles. The summed E-state index contributed by atoms with van der Waals surface area (Å²) in [5.74, 6) is -0.446. The summed E-state index contributed by atoms with van der Waals surface area (Å²) < 4.78 is 1.41. The monoisotopic (exact) mass is 483 g/mol. The van der Waals surface area contributed by atoms with Crippen LogP contribution in [0.15, 0.2) is 48.5 Å². The molecule has 1 saturated heterocycles. The molecule has 4 rings (SSSR count). The van der Waals surface area contributed by atoms with E-state index in [2.05, 4.69) is 15.6 Å². The van der Waals surface area contributed by atoms with E-state index in [9.17, 15) is 19.7 Å². The fraction of sp³-hybridized carbons (Fsp3) is 0.273. The maximum atomic E-state index is 13.0. The first-order chi connectivity index (χ1) is 16.3. The number of nitro benzene ring substituents is 1. The molecule has 34 heavy (non-hydrogen) atoms. The predicted octanol–water partition coefficient (Wildman–Crippen LogP) is 2.53. The molecule has 0 radical (unpaired) electrons. The van der Waals surface area contributed by atoms with Crippen LogP contribution in [0.2, 0.25) is 5.02 Å². The summed E-state index contributed by atoms with van der Waals surface area (Å²) in [7, 11) is 0. The van der Waals surface area contributed by atoms with Gasteiger partial charge in [-0.25, -0.2) is 4.68 Å². The van der Waals surface area contributed by atoms with Crippen molar-refractivity contribution in [3.8, 4) is 5.69 Å². The molecule has 0 saturated carbocycles. The van der Waals surface area contributed by atoms with E-state index in [0.29, 0.717) is 48.3 Å². The lowest BCUT2D eigenvalue weighted by Crippen LogP contribution is -2.50. The molecule has 11 nitrogen and oxygen atoms in total. The van der Waals surface area contributed by atoms with Crippen LogP contribution in [0.5, 0.6) is 0 Å². The second kappa shape index (κ2) is 9.98. The third kappa shape index (κ3) is 5.05. The summed E-state index contributed by atoms with van der Waals surface area (Å²) in [4.78, 5) is 39.6. The number of carbonyl (C=O) groups is 2. The van der Waals surface area contributed by atoms with E-state index in [0.717, 1.165) is 0 Å². The molecule has 1 aromatic heterocycles. The zero-order chi connectivity index (χ0) is 24.2. The number of nitrogens with one attached hydrogen (secondary N) is 1. The van der Waals surface area contributed by atoms with Gasteiger partial charge in [0.1, 0.15) is 0 Å². The van der Waals surface area contributed by atoms with Crippen molar-refractivity contribution in [2.45, 2.75) is 6.92 Å². The van der Waals surface area contributed by atoms with Crippen LogP contribution in [0.3, 0.4) is 0 Å². The standard InChI is InChI=1S/C22H22ClN7O4/c1-15-21(25-26-29(15)16-5-4-6-17(13-16)30(33)34)22(32)28-11-9-27(10-12-28)14-20(31)24-19-8-3-2-7-18(19)23/h2-8,13H,9-12,14H2,1H3,(H,24,31). The van der Waals surface area contributed by atoms with Crippen molar-refractivity contribution in [1.82, 2.24) is 24.8 Å². The molecule has 0 aliphatic carbocycles. The molecule has 1 N–H and O–H groups in total. The van der Waals surface area contributed by atoms with Crippen molar-refractivity contribution in [2.24, 2.45) is 0 Å². The average molecular weight is 484 g/mol. The van der Waals surface area contributed by atoms with Crippen LogP contribution < -0.4 is 5.32 Å². The van der Waals surface area contributed by atoms with E-state index in [1.807, 2.05) is 4.90 Å². The first kappa shape index (κ1) is 23.3. The average Bonchev–Trinajstić information content (AvgIpc) is 3.22. The highest BCUT2D eigenvalue weighted by molar-refractivity contribution is 6.33. The van der Waals surface area contributed by atoms with Crippen molar-refractivity contribution >= 4 is 34.8 Å². The molecule has 1 aliphatic heterocycles. The Hall–Kier alpha value is -3.83. The van der Waals surface area contributed by atoms with Gasteiger partial charge in [-0.3, -0.25) is 24.6 Å². The molecule has 3 aromatic rings. The van der Waals surface area contributed by atoms with E-state index < -0.39 is 4.92 Å². The van der Waals surface area contributed by atoms with E-state index in [1.165, 1.54) is 16.8 Å². The molecule has 0 unspecified atom stereocenters. The molecular formula is C22H22ClN7O4. The number of halogens is 1. The van der Waals surface area contributed by atoms with Gasteiger partial charge in [0.2, 0.25) is 5.91 Å². The number of nitro groups is 1. The summed E-state index contributed by atoms with van der Waals surface area (Å²) >= 11 is 6.08. The van der Waals surface area contributed by atoms with Crippen LogP contribution in [-0.2, 0) is 4.79 Å². The van der Waals surface area contributed by atoms with Crippen LogP contribution in [-0.4, -0.2) is 74.3 Å². The van der Waals surface area contributed by atoms with Crippen molar-refractivity contribution in [2.75, 3.05) is 38.0 Å². The van der Waals surface area contributed by atoms with Gasteiger partial charge in [0.15, 0.2) is 5.69 Å². The number of carbonyl (C=O) groups excluding carboxylic acids is 2. The SMILES string of the molecule is Cc1c(C(=O)N2CCN(CC(=O)Nc3ccccc3Cl)CC2)nnn1-c1cccc([N+](=O)[O-])c1. The molecule has 176 valence electrons. The number of amides is 2. The minimum Gasteiger partial charge on any atom is -0.335 e. The Labute approximate surface area is 200 Å². The molecule has 0 spiro atoms. The van der Waals surface area contributed by atoms with Gasteiger partial charge < -0.3 is 10.2 Å². The molecule has 0 atom stereocenters. The topological polar surface area (TPSA) is 127 Å². The van der Waals surface area contributed by atoms with Gasteiger partial charge in [-0.05, 0) is 25.1 Å². The quantitative estimate of drug-likeness (QED) is 0.421. The van der Waals surface area contributed by atoms with E-state index >= 15 is 0 Å². The van der Waals surface area contributed by atoms with Crippen molar-refractivity contribution < 1.29 is 14.5 Å². The number of non-ortho nitro benzene ring substituents is 1. The number of hydrogen-bond donors (Lipinski definition) is 1. The Kier molecular flexibility index (Phi) is 6.85. The lowest BCUT2D eigenvalue weighted by molar-refractivity contribution is -0.384. The van der Waals surface area contributed by atoms with Gasteiger partial charge >= 0.3 is 0 Å². The number of rotatable bonds is 6. The zero-order valence-electron chi connectivity index (χ0n) is 18.3. The fourth-order valence-corrected chi connectivity index (χ4v) is 3.91. The van der Waals surface area contributed by atoms with Crippen LogP contribution in [0.4, 0.5) is 11.4 Å². The molecule has 12 heteroatoms. The summed E-state index contributed by atoms with van der Waals surface area (Å²) in [6.07, 6.45) is 0. The Morgan fingerprint density at radius 3 is 2.56 bits per heavy atom. The van der Waals surface area contributed by atoms with Crippen LogP contribution >= 0.6 is 11.6 Å². The highest BCUT2D eigenvalue weighted by atomic mass is 35.5. The first-order valence-electron chi connectivity index (χ1n) is 10.6. The van der Waals surface area contributed by atoms with E-state index in [-0.39, 0.29) is 29.7 Å². The number of anilines is 1. The van der Waals surface area contributed by atoms with Crippen LogP contribution in [0.1, 0.15) is 16.2 Å². The third-order valence-corrected chi connectivity index (χ3v) is 5.89. The predicted molar refractivity (Wildman–Crippen MR) is 125 cm³/mol. The molecule has 1 fully saturated rings. The lowest BCUT2D eigenvalue weighted by atomic mass is 10.2. The van der Waals surface area contributed by atoms with Crippen LogP contribution in [0, 0.1) is 17.0 Å². The largest absolute Gasteiger partial charge is 0.335 e. The Morgan fingerprint density at radius 2 is 1.85 bits per heavy atom. The van der Waals surface area contributed by atoms with Gasteiger partial charge in [0.05, 0.1) is 33.6 Å². The van der Waals surface area contributed by atoms with Crippen LogP contribution in [0.25, 0.3) is 5.69 Å². The summed E-state index contributed by atoms with van der Waals surface area (Å²) in [5, 5.41) is 22.4. The summed E-state index contributed by atoms with van der Waals surface area (Å²) in [5.41, 5.74) is 1.62. The molecule has 2 amide bonds. The van der Waals surface area contributed by atoms with Gasteiger partial charge in [0.25, 0.3) is 11.6 Å². The number of para-hydroxylation sites is 1. The highest BCUT2D eigenvalue weighted by Crippen LogP contribution is 2.21. The first-order valence-corrected chi connectivity index (χ1v) is 10.9. The zero-order valence-corrected chi connectivity index (χ0v) is 19.1. The fourth-order valence-electron chi connectivity index (χ4n) is 3.72. The summed E-state index contributed by atoms with van der Waals surface area (Å²) in [6.45, 7) is 3.80. The smallest absolute Gasteiger partial charge is 0.276 e. The number of benzene rings is 2. The Balaban J connectivity index is 1.36. The maximum Gasteiger partial charge on any atom is 0.276 e. The van der Waals surface area contributed by atoms with Gasteiger partial charge in [0, 0.05) is 38.3 Å². The molecule has 1 aliphatic rings. The van der Waals surface area contributed by atoms with E-state index in [1.54, 1.807) is 48.2 Å². The van der Waals surface area contributed by atoms with Gasteiger partial charge in [-0.1, -0.05) is 35.0 Å². The number of nitrogens with zero attached hydrogens (tertiary/aromatic N) is 6. The number of piperazine rings is 1. The Bertz CT molecular complexity index is 1240. The minimum absolute atomic E-state index is 0.0741. The number of aromatic nitrogens is 3. The molecular weight excluding hydrogens is 462 g/mol. The number of hydrogen-bond acceptors (Lipinski definition) is 7. The second-order valence-corrected chi connectivity index (χ2v) is 8.22. The van der Waals surface area contributed by atoms with Gasteiger partial charge in [-0.2, -0.15) is 0 Å². The van der Waals surface area contributed by atoms with E-state index in [4.69, 9.17) is 11.6 Å². The molecule has 2 aromatic carbocycles. The summed E-state index contributed by atoms with van der Waals surface area (Å²) in [6, 6.07) is 13.0.